The van der Waals surface area contributed by atoms with E-state index in [-0.39, 0.29) is 5.91 Å². The van der Waals surface area contributed by atoms with E-state index >= 15 is 0 Å². The SMILES string of the molecule is CCOCCCn1c(NC(=O)CNCC2CC2)nc2ccccc21. The van der Waals surface area contributed by atoms with Gasteiger partial charge in [0.15, 0.2) is 0 Å². The van der Waals surface area contributed by atoms with Crippen molar-refractivity contribution < 1.29 is 9.53 Å². The summed E-state index contributed by atoms with van der Waals surface area (Å²) in [5, 5.41) is 6.16. The normalized spacial score (nSPS) is 14.2. The predicted octanol–water partition coefficient (Wildman–Crippen LogP) is 2.40. The van der Waals surface area contributed by atoms with Crippen LogP contribution in [0.4, 0.5) is 5.95 Å². The Morgan fingerprint density at radius 2 is 2.21 bits per heavy atom. The fraction of sp³-hybridized carbons (Fsp3) is 0.556. The van der Waals surface area contributed by atoms with Crippen LogP contribution in [0.15, 0.2) is 24.3 Å². The number of aryl methyl sites for hydroxylation is 1. The average Bonchev–Trinajstić information content (AvgIpc) is 3.34. The number of nitrogens with one attached hydrogen (secondary N) is 2. The van der Waals surface area contributed by atoms with Crippen LogP contribution in [-0.2, 0) is 16.1 Å². The maximum atomic E-state index is 12.2. The number of amides is 1. The first-order valence-corrected chi connectivity index (χ1v) is 8.81. The fourth-order valence-corrected chi connectivity index (χ4v) is 2.75. The van der Waals surface area contributed by atoms with E-state index in [0.717, 1.165) is 43.1 Å². The van der Waals surface area contributed by atoms with Crippen molar-refractivity contribution in [2.75, 3.05) is 31.6 Å². The number of aromatic nitrogens is 2. The number of fused-ring (bicyclic) bond motifs is 1. The number of carbonyl (C=O) groups is 1. The molecular formula is C18H26N4O2. The van der Waals surface area contributed by atoms with Crippen molar-refractivity contribution in [3.8, 4) is 0 Å². The fourth-order valence-electron chi connectivity index (χ4n) is 2.75. The second-order valence-corrected chi connectivity index (χ2v) is 6.25. The number of ether oxygens (including phenoxy) is 1. The highest BCUT2D eigenvalue weighted by Crippen LogP contribution is 2.27. The zero-order valence-electron chi connectivity index (χ0n) is 14.3. The van der Waals surface area contributed by atoms with Crippen LogP contribution in [0.5, 0.6) is 0 Å². The second-order valence-electron chi connectivity index (χ2n) is 6.25. The Morgan fingerprint density at radius 1 is 1.38 bits per heavy atom. The highest BCUT2D eigenvalue weighted by Gasteiger charge is 2.21. The molecule has 0 spiro atoms. The number of hydrogen-bond acceptors (Lipinski definition) is 4. The lowest BCUT2D eigenvalue weighted by Crippen LogP contribution is -2.30. The van der Waals surface area contributed by atoms with Crippen molar-refractivity contribution in [3.63, 3.8) is 0 Å². The molecule has 1 aliphatic carbocycles. The number of anilines is 1. The number of rotatable bonds is 10. The van der Waals surface area contributed by atoms with Gasteiger partial charge in [-0.05, 0) is 50.8 Å². The van der Waals surface area contributed by atoms with Gasteiger partial charge in [-0.2, -0.15) is 0 Å². The number of benzene rings is 1. The molecule has 0 unspecified atom stereocenters. The lowest BCUT2D eigenvalue weighted by atomic mass is 10.3. The van der Waals surface area contributed by atoms with Gasteiger partial charge in [-0.25, -0.2) is 4.98 Å². The first-order chi connectivity index (χ1) is 11.8. The third-order valence-corrected chi connectivity index (χ3v) is 4.20. The Hall–Kier alpha value is -1.92. The largest absolute Gasteiger partial charge is 0.382 e. The Bertz CT molecular complexity index is 679. The Morgan fingerprint density at radius 3 is 3.00 bits per heavy atom. The number of nitrogens with zero attached hydrogens (tertiary/aromatic N) is 2. The number of imidazole rings is 1. The summed E-state index contributed by atoms with van der Waals surface area (Å²) < 4.78 is 7.48. The standard InChI is InChI=1S/C18H26N4O2/c1-2-24-11-5-10-22-16-7-4-3-6-15(16)20-18(22)21-17(23)13-19-12-14-8-9-14/h3-4,6-7,14,19H,2,5,8-13H2,1H3,(H,20,21,23). The minimum Gasteiger partial charge on any atom is -0.382 e. The topological polar surface area (TPSA) is 68.2 Å². The van der Waals surface area contributed by atoms with Gasteiger partial charge in [-0.1, -0.05) is 12.1 Å². The summed E-state index contributed by atoms with van der Waals surface area (Å²) in [6.45, 7) is 5.45. The van der Waals surface area contributed by atoms with Crippen molar-refractivity contribution in [1.82, 2.24) is 14.9 Å². The van der Waals surface area contributed by atoms with Gasteiger partial charge in [-0.15, -0.1) is 0 Å². The maximum Gasteiger partial charge on any atom is 0.240 e. The van der Waals surface area contributed by atoms with Gasteiger partial charge in [0, 0.05) is 19.8 Å². The van der Waals surface area contributed by atoms with Crippen molar-refractivity contribution in [1.29, 1.82) is 0 Å². The Kier molecular flexibility index (Phi) is 5.82. The first kappa shape index (κ1) is 16.9. The molecule has 130 valence electrons. The predicted molar refractivity (Wildman–Crippen MR) is 95.1 cm³/mol. The smallest absolute Gasteiger partial charge is 0.240 e. The molecule has 1 aliphatic rings. The van der Waals surface area contributed by atoms with Gasteiger partial charge < -0.3 is 14.6 Å². The van der Waals surface area contributed by atoms with Crippen LogP contribution in [0.25, 0.3) is 11.0 Å². The van der Waals surface area contributed by atoms with E-state index in [9.17, 15) is 4.79 Å². The molecule has 0 saturated heterocycles. The van der Waals surface area contributed by atoms with Gasteiger partial charge in [0.2, 0.25) is 11.9 Å². The van der Waals surface area contributed by atoms with Crippen molar-refractivity contribution in [3.05, 3.63) is 24.3 Å². The molecule has 2 aromatic rings. The zero-order valence-corrected chi connectivity index (χ0v) is 14.3. The molecule has 24 heavy (non-hydrogen) atoms. The average molecular weight is 330 g/mol. The number of hydrogen-bond donors (Lipinski definition) is 2. The van der Waals surface area contributed by atoms with E-state index in [1.54, 1.807) is 0 Å². The molecule has 3 rings (SSSR count). The van der Waals surface area contributed by atoms with Crippen LogP contribution in [0.3, 0.4) is 0 Å². The lowest BCUT2D eigenvalue weighted by Gasteiger charge is -2.10. The van der Waals surface area contributed by atoms with Gasteiger partial charge in [0.05, 0.1) is 17.6 Å². The number of carbonyl (C=O) groups excluding carboxylic acids is 1. The molecule has 1 aromatic heterocycles. The maximum absolute atomic E-state index is 12.2. The molecule has 1 heterocycles. The quantitative estimate of drug-likeness (QED) is 0.657. The lowest BCUT2D eigenvalue weighted by molar-refractivity contribution is -0.115. The molecule has 0 bridgehead atoms. The molecule has 0 atom stereocenters. The van der Waals surface area contributed by atoms with Crippen LogP contribution in [0, 0.1) is 5.92 Å². The third-order valence-electron chi connectivity index (χ3n) is 4.20. The van der Waals surface area contributed by atoms with E-state index in [1.165, 1.54) is 12.8 Å². The third kappa shape index (κ3) is 4.55. The van der Waals surface area contributed by atoms with Crippen LogP contribution in [0.1, 0.15) is 26.2 Å². The van der Waals surface area contributed by atoms with Crippen molar-refractivity contribution >= 4 is 22.9 Å². The van der Waals surface area contributed by atoms with Gasteiger partial charge in [-0.3, -0.25) is 10.1 Å². The zero-order chi connectivity index (χ0) is 16.8. The monoisotopic (exact) mass is 330 g/mol. The van der Waals surface area contributed by atoms with Crippen LogP contribution >= 0.6 is 0 Å². The molecule has 1 aromatic carbocycles. The number of para-hydroxylation sites is 2. The van der Waals surface area contributed by atoms with E-state index in [4.69, 9.17) is 4.74 Å². The molecule has 1 fully saturated rings. The summed E-state index contributed by atoms with van der Waals surface area (Å²) in [4.78, 5) is 16.7. The van der Waals surface area contributed by atoms with E-state index in [1.807, 2.05) is 31.2 Å². The van der Waals surface area contributed by atoms with Crippen LogP contribution in [0.2, 0.25) is 0 Å². The Labute approximate surface area is 142 Å². The molecular weight excluding hydrogens is 304 g/mol. The van der Waals surface area contributed by atoms with E-state index < -0.39 is 0 Å². The molecule has 1 saturated carbocycles. The Balaban J connectivity index is 1.64. The molecule has 6 nitrogen and oxygen atoms in total. The summed E-state index contributed by atoms with van der Waals surface area (Å²) in [6, 6.07) is 7.95. The molecule has 2 N–H and O–H groups in total. The summed E-state index contributed by atoms with van der Waals surface area (Å²) in [5.41, 5.74) is 1.94. The molecule has 1 amide bonds. The summed E-state index contributed by atoms with van der Waals surface area (Å²) >= 11 is 0. The minimum absolute atomic E-state index is 0.0444. The summed E-state index contributed by atoms with van der Waals surface area (Å²) in [7, 11) is 0. The second kappa shape index (κ2) is 8.26. The highest BCUT2D eigenvalue weighted by molar-refractivity contribution is 5.92. The first-order valence-electron chi connectivity index (χ1n) is 8.81. The molecule has 0 radical (unpaired) electrons. The van der Waals surface area contributed by atoms with Gasteiger partial charge in [0.25, 0.3) is 0 Å². The van der Waals surface area contributed by atoms with Gasteiger partial charge in [0.1, 0.15) is 0 Å². The highest BCUT2D eigenvalue weighted by atomic mass is 16.5. The molecule has 0 aliphatic heterocycles. The van der Waals surface area contributed by atoms with E-state index in [0.29, 0.717) is 19.1 Å². The van der Waals surface area contributed by atoms with E-state index in [2.05, 4.69) is 20.2 Å². The van der Waals surface area contributed by atoms with Crippen LogP contribution < -0.4 is 10.6 Å². The molecule has 6 heteroatoms. The minimum atomic E-state index is -0.0444. The summed E-state index contributed by atoms with van der Waals surface area (Å²) in [5.74, 6) is 1.34. The van der Waals surface area contributed by atoms with Crippen LogP contribution in [-0.4, -0.2) is 41.8 Å². The van der Waals surface area contributed by atoms with Crippen molar-refractivity contribution in [2.45, 2.75) is 32.7 Å². The summed E-state index contributed by atoms with van der Waals surface area (Å²) in [6.07, 6.45) is 3.45. The van der Waals surface area contributed by atoms with Gasteiger partial charge >= 0.3 is 0 Å². The van der Waals surface area contributed by atoms with Crippen molar-refractivity contribution in [2.24, 2.45) is 5.92 Å².